The molecule has 0 aliphatic heterocycles. The van der Waals surface area contributed by atoms with E-state index in [1.54, 1.807) is 0 Å². The van der Waals surface area contributed by atoms with Crippen molar-refractivity contribution in [1.29, 1.82) is 0 Å². The molecule has 2 N–H and O–H groups in total. The highest BCUT2D eigenvalue weighted by Crippen LogP contribution is 2.21. The minimum Gasteiger partial charge on any atom is -0.375 e. The molecule has 3 aromatic rings. The van der Waals surface area contributed by atoms with Crippen LogP contribution in [0.15, 0.2) is 36.8 Å². The third-order valence-electron chi connectivity index (χ3n) is 3.07. The van der Waals surface area contributed by atoms with Crippen LogP contribution in [0.3, 0.4) is 0 Å². The average molecular weight is 241 g/mol. The third-order valence-corrected chi connectivity index (χ3v) is 3.07. The molecule has 2 aromatic heterocycles. The molecule has 2 heterocycles. The summed E-state index contributed by atoms with van der Waals surface area (Å²) >= 11 is 0. The van der Waals surface area contributed by atoms with Gasteiger partial charge in [-0.05, 0) is 25.1 Å². The molecule has 0 spiro atoms. The van der Waals surface area contributed by atoms with Crippen molar-refractivity contribution in [2.75, 3.05) is 5.32 Å². The lowest BCUT2D eigenvalue weighted by molar-refractivity contribution is 0.722. The van der Waals surface area contributed by atoms with E-state index in [-0.39, 0.29) is 6.04 Å². The number of aromatic nitrogens is 4. The summed E-state index contributed by atoms with van der Waals surface area (Å²) in [6, 6.07) is 6.32. The maximum absolute atomic E-state index is 4.34. The van der Waals surface area contributed by atoms with Gasteiger partial charge in [0.05, 0.1) is 17.8 Å². The second-order valence-corrected chi connectivity index (χ2v) is 4.43. The fourth-order valence-corrected chi connectivity index (χ4v) is 2.14. The van der Waals surface area contributed by atoms with Gasteiger partial charge in [0.15, 0.2) is 0 Å². The molecule has 1 unspecified atom stereocenters. The summed E-state index contributed by atoms with van der Waals surface area (Å²) in [6.45, 7) is 2.10. The van der Waals surface area contributed by atoms with Gasteiger partial charge in [0.2, 0.25) is 0 Å². The molecular formula is C13H15N5. The van der Waals surface area contributed by atoms with Crippen LogP contribution in [-0.2, 0) is 7.05 Å². The zero-order valence-electron chi connectivity index (χ0n) is 10.4. The van der Waals surface area contributed by atoms with Gasteiger partial charge in [-0.3, -0.25) is 5.10 Å². The second kappa shape index (κ2) is 4.18. The number of imidazole rings is 1. The smallest absolute Gasteiger partial charge is 0.130 e. The zero-order chi connectivity index (χ0) is 12.5. The van der Waals surface area contributed by atoms with Crippen molar-refractivity contribution in [1.82, 2.24) is 19.7 Å². The number of hydrogen-bond donors (Lipinski definition) is 2. The van der Waals surface area contributed by atoms with Crippen LogP contribution < -0.4 is 5.32 Å². The molecule has 3 rings (SSSR count). The summed E-state index contributed by atoms with van der Waals surface area (Å²) in [6.07, 6.45) is 5.58. The minimum atomic E-state index is 0.158. The Hall–Kier alpha value is -2.30. The number of nitrogens with zero attached hydrogens (tertiary/aromatic N) is 3. The zero-order valence-corrected chi connectivity index (χ0v) is 10.4. The number of fused-ring (bicyclic) bond motifs is 1. The lowest BCUT2D eigenvalue weighted by Crippen LogP contribution is -2.11. The van der Waals surface area contributed by atoms with E-state index in [2.05, 4.69) is 39.6 Å². The van der Waals surface area contributed by atoms with Gasteiger partial charge in [0.1, 0.15) is 5.82 Å². The fourth-order valence-electron chi connectivity index (χ4n) is 2.14. The molecule has 0 radical (unpaired) electrons. The van der Waals surface area contributed by atoms with Crippen LogP contribution >= 0.6 is 0 Å². The molecule has 1 aromatic carbocycles. The number of hydrogen-bond acceptors (Lipinski definition) is 3. The van der Waals surface area contributed by atoms with Crippen molar-refractivity contribution in [2.24, 2.45) is 7.05 Å². The number of nitrogens with one attached hydrogen (secondary N) is 2. The monoisotopic (exact) mass is 241 g/mol. The molecule has 5 nitrogen and oxygen atoms in total. The molecule has 92 valence electrons. The first-order valence-corrected chi connectivity index (χ1v) is 5.91. The van der Waals surface area contributed by atoms with Gasteiger partial charge in [-0.15, -0.1) is 0 Å². The summed E-state index contributed by atoms with van der Waals surface area (Å²) in [5, 5.41) is 11.5. The number of H-pyrrole nitrogens is 1. The van der Waals surface area contributed by atoms with Crippen LogP contribution in [0.25, 0.3) is 10.9 Å². The Morgan fingerprint density at radius 3 is 3.06 bits per heavy atom. The van der Waals surface area contributed by atoms with Crippen LogP contribution in [0.4, 0.5) is 5.69 Å². The summed E-state index contributed by atoms with van der Waals surface area (Å²) in [5.74, 6) is 1.01. The number of anilines is 1. The number of benzene rings is 1. The fraction of sp³-hybridized carbons (Fsp3) is 0.231. The highest BCUT2D eigenvalue weighted by atomic mass is 15.1. The molecule has 0 amide bonds. The highest BCUT2D eigenvalue weighted by molar-refractivity contribution is 5.81. The quantitative estimate of drug-likeness (QED) is 0.740. The lowest BCUT2D eigenvalue weighted by Gasteiger charge is -2.15. The molecule has 0 bridgehead atoms. The van der Waals surface area contributed by atoms with E-state index in [1.807, 2.05) is 36.3 Å². The van der Waals surface area contributed by atoms with E-state index in [9.17, 15) is 0 Å². The predicted molar refractivity (Wildman–Crippen MR) is 71.3 cm³/mol. The van der Waals surface area contributed by atoms with E-state index >= 15 is 0 Å². The Labute approximate surface area is 105 Å². The van der Waals surface area contributed by atoms with Crippen LogP contribution in [0, 0.1) is 0 Å². The first-order chi connectivity index (χ1) is 8.74. The molecule has 0 fully saturated rings. The summed E-state index contributed by atoms with van der Waals surface area (Å²) in [7, 11) is 2.00. The van der Waals surface area contributed by atoms with Gasteiger partial charge in [0.25, 0.3) is 0 Å². The molecule has 0 saturated carbocycles. The van der Waals surface area contributed by atoms with Crippen LogP contribution in [0.5, 0.6) is 0 Å². The number of aryl methyl sites for hydroxylation is 1. The molecular weight excluding hydrogens is 226 g/mol. The second-order valence-electron chi connectivity index (χ2n) is 4.43. The van der Waals surface area contributed by atoms with Crippen LogP contribution in [0.2, 0.25) is 0 Å². The topological polar surface area (TPSA) is 58.5 Å². The first kappa shape index (κ1) is 10.8. The molecule has 0 saturated heterocycles. The maximum Gasteiger partial charge on any atom is 0.130 e. The first-order valence-electron chi connectivity index (χ1n) is 5.91. The SMILES string of the molecule is CC(Nc1ccc2cn[nH]c2c1)c1nccn1C. The maximum atomic E-state index is 4.34. The lowest BCUT2D eigenvalue weighted by atomic mass is 10.2. The van der Waals surface area contributed by atoms with E-state index in [1.165, 1.54) is 0 Å². The number of rotatable bonds is 3. The van der Waals surface area contributed by atoms with Gasteiger partial charge < -0.3 is 9.88 Å². The third kappa shape index (κ3) is 1.84. The van der Waals surface area contributed by atoms with Gasteiger partial charge in [-0.2, -0.15) is 5.10 Å². The van der Waals surface area contributed by atoms with Gasteiger partial charge in [-0.1, -0.05) is 0 Å². The molecule has 5 heteroatoms. The van der Waals surface area contributed by atoms with E-state index in [0.29, 0.717) is 0 Å². The van der Waals surface area contributed by atoms with Crippen molar-refractivity contribution in [3.8, 4) is 0 Å². The molecule has 0 aliphatic carbocycles. The molecule has 18 heavy (non-hydrogen) atoms. The van der Waals surface area contributed by atoms with Crippen molar-refractivity contribution in [3.63, 3.8) is 0 Å². The summed E-state index contributed by atoms with van der Waals surface area (Å²) < 4.78 is 2.02. The standard InChI is InChI=1S/C13H15N5/c1-9(13-14-5-6-18(13)2)16-11-4-3-10-8-15-17-12(10)7-11/h3-9,16H,1-2H3,(H,15,17). The summed E-state index contributed by atoms with van der Waals surface area (Å²) in [5.41, 5.74) is 2.09. The van der Waals surface area contributed by atoms with Gasteiger partial charge >= 0.3 is 0 Å². The average Bonchev–Trinajstić information content (AvgIpc) is 2.96. The van der Waals surface area contributed by atoms with Crippen LogP contribution in [-0.4, -0.2) is 19.7 Å². The Morgan fingerprint density at radius 1 is 1.39 bits per heavy atom. The predicted octanol–water partition coefficient (Wildman–Crippen LogP) is 2.47. The number of aromatic amines is 1. The van der Waals surface area contributed by atoms with Crippen molar-refractivity contribution >= 4 is 16.6 Å². The van der Waals surface area contributed by atoms with Gasteiger partial charge in [-0.25, -0.2) is 4.98 Å². The van der Waals surface area contributed by atoms with Crippen molar-refractivity contribution < 1.29 is 0 Å². The van der Waals surface area contributed by atoms with Crippen molar-refractivity contribution in [3.05, 3.63) is 42.6 Å². The van der Waals surface area contributed by atoms with Gasteiger partial charge in [0, 0.05) is 30.5 Å². The van der Waals surface area contributed by atoms with E-state index < -0.39 is 0 Å². The summed E-state index contributed by atoms with van der Waals surface area (Å²) in [4.78, 5) is 4.34. The normalized spacial score (nSPS) is 12.8. The molecule has 0 aliphatic rings. The Morgan fingerprint density at radius 2 is 2.28 bits per heavy atom. The van der Waals surface area contributed by atoms with Crippen LogP contribution in [0.1, 0.15) is 18.8 Å². The Bertz CT molecular complexity index is 667. The van der Waals surface area contributed by atoms with Crippen molar-refractivity contribution in [2.45, 2.75) is 13.0 Å². The Balaban J connectivity index is 1.85. The minimum absolute atomic E-state index is 0.158. The highest BCUT2D eigenvalue weighted by Gasteiger charge is 2.10. The Kier molecular flexibility index (Phi) is 2.51. The molecule has 1 atom stereocenters. The van der Waals surface area contributed by atoms with E-state index in [0.717, 1.165) is 22.4 Å². The largest absolute Gasteiger partial charge is 0.375 e. The van der Waals surface area contributed by atoms with E-state index in [4.69, 9.17) is 0 Å².